The summed E-state index contributed by atoms with van der Waals surface area (Å²) >= 11 is 0. The van der Waals surface area contributed by atoms with Crippen LogP contribution in [0.2, 0.25) is 0 Å². The standard InChI is InChI=1S/2C6H5.4C2H6.CH6N2.La/c2*1-2-4-6-5-3-1;4*1-2;2-1-3;/h2*1-5H;4*1-2H3;1-3H2;/q2*-1;;;;;;. The van der Waals surface area contributed by atoms with E-state index < -0.39 is 0 Å². The maximum atomic E-state index is 4.62. The molecule has 2 nitrogen and oxygen atoms in total. The molecule has 0 aliphatic carbocycles. The Labute approximate surface area is 181 Å². The molecule has 0 saturated carbocycles. The van der Waals surface area contributed by atoms with E-state index in [-0.39, 0.29) is 42.3 Å². The average Bonchev–Trinajstić information content (AvgIpc) is 2.72. The molecule has 2 aromatic rings. The van der Waals surface area contributed by atoms with Crippen LogP contribution in [0.1, 0.15) is 55.4 Å². The summed E-state index contributed by atoms with van der Waals surface area (Å²) in [4.78, 5) is 0. The fraction of sp³-hybridized carbons (Fsp3) is 0.429. The molecule has 0 amide bonds. The van der Waals surface area contributed by atoms with Crippen LogP contribution in [0.25, 0.3) is 0 Å². The summed E-state index contributed by atoms with van der Waals surface area (Å²) in [7, 11) is 0. The number of hydrogen-bond donors (Lipinski definition) is 2. The molecule has 0 spiro atoms. The molecule has 0 fully saturated rings. The van der Waals surface area contributed by atoms with E-state index in [2.05, 4.69) is 23.6 Å². The first-order chi connectivity index (χ1) is 11.4. The minimum Gasteiger partial charge on any atom is -0.319 e. The molecule has 0 atom stereocenters. The van der Waals surface area contributed by atoms with Gasteiger partial charge in [0.2, 0.25) is 0 Å². The van der Waals surface area contributed by atoms with Crippen molar-refractivity contribution in [3.63, 3.8) is 0 Å². The molecular formula is C21H40LaN2-2. The zero-order valence-corrected chi connectivity index (χ0v) is 20.8. The summed E-state index contributed by atoms with van der Waals surface area (Å²) in [5.41, 5.74) is 9.25. The molecule has 24 heavy (non-hydrogen) atoms. The fourth-order valence-electron chi connectivity index (χ4n) is 0.684. The number of rotatable bonds is 0. The first-order valence-electron chi connectivity index (χ1n) is 8.64. The second kappa shape index (κ2) is 66.5. The van der Waals surface area contributed by atoms with Crippen molar-refractivity contribution in [2.75, 3.05) is 6.67 Å². The summed E-state index contributed by atoms with van der Waals surface area (Å²) in [6.45, 7) is 16.2. The molecule has 0 aliphatic rings. The van der Waals surface area contributed by atoms with Gasteiger partial charge in [0.1, 0.15) is 0 Å². The Bertz CT molecular complexity index is 204. The minimum atomic E-state index is 0. The Kier molecular flexibility index (Phi) is 108. The Hall–Kier alpha value is -0.445. The topological polar surface area (TPSA) is 52.0 Å². The summed E-state index contributed by atoms with van der Waals surface area (Å²) < 4.78 is 0. The predicted molar refractivity (Wildman–Crippen MR) is 109 cm³/mol. The van der Waals surface area contributed by atoms with Gasteiger partial charge in [0.25, 0.3) is 0 Å². The smallest absolute Gasteiger partial charge is 0.0403 e. The van der Waals surface area contributed by atoms with Crippen molar-refractivity contribution in [1.82, 2.24) is 0 Å². The summed E-state index contributed by atoms with van der Waals surface area (Å²) in [6.07, 6.45) is 0. The molecule has 139 valence electrons. The first-order valence-corrected chi connectivity index (χ1v) is 8.64. The predicted octanol–water partition coefficient (Wildman–Crippen LogP) is 5.94. The Balaban J connectivity index is -0.0000000425. The van der Waals surface area contributed by atoms with Crippen molar-refractivity contribution in [3.8, 4) is 0 Å². The van der Waals surface area contributed by atoms with Crippen LogP contribution in [-0.2, 0) is 0 Å². The van der Waals surface area contributed by atoms with Crippen molar-refractivity contribution >= 4 is 0 Å². The van der Waals surface area contributed by atoms with Crippen LogP contribution in [0.3, 0.4) is 0 Å². The average molecular weight is 459 g/mol. The zero-order valence-electron chi connectivity index (χ0n) is 17.2. The molecule has 0 saturated heterocycles. The van der Waals surface area contributed by atoms with Gasteiger partial charge in [0.15, 0.2) is 0 Å². The van der Waals surface area contributed by atoms with Crippen LogP contribution >= 0.6 is 0 Å². The van der Waals surface area contributed by atoms with E-state index in [1.165, 1.54) is 0 Å². The normalized spacial score (nSPS) is 5.75. The third-order valence-corrected chi connectivity index (χ3v) is 1.21. The van der Waals surface area contributed by atoms with Crippen molar-refractivity contribution in [2.24, 2.45) is 11.5 Å². The molecule has 0 aromatic heterocycles. The van der Waals surface area contributed by atoms with Crippen LogP contribution in [0.15, 0.2) is 60.7 Å². The second-order valence-electron chi connectivity index (χ2n) is 2.39. The molecule has 0 aliphatic heterocycles. The number of benzene rings is 2. The summed E-state index contributed by atoms with van der Waals surface area (Å²) in [5.74, 6) is 0. The number of nitrogens with two attached hydrogens (primary N) is 2. The Morgan fingerprint density at radius 2 is 0.667 bits per heavy atom. The molecule has 1 radical (unpaired) electrons. The van der Waals surface area contributed by atoms with E-state index in [4.69, 9.17) is 0 Å². The molecular weight excluding hydrogens is 419 g/mol. The van der Waals surface area contributed by atoms with Crippen LogP contribution < -0.4 is 11.5 Å². The quantitative estimate of drug-likeness (QED) is 0.379. The van der Waals surface area contributed by atoms with E-state index in [0.717, 1.165) is 0 Å². The van der Waals surface area contributed by atoms with E-state index in [0.29, 0.717) is 0 Å². The van der Waals surface area contributed by atoms with Gasteiger partial charge in [-0.1, -0.05) is 55.4 Å². The zero-order chi connectivity index (χ0) is 19.2. The van der Waals surface area contributed by atoms with Gasteiger partial charge in [-0.25, -0.2) is 0 Å². The van der Waals surface area contributed by atoms with Crippen LogP contribution in [0.5, 0.6) is 0 Å². The monoisotopic (exact) mass is 459 g/mol. The van der Waals surface area contributed by atoms with Gasteiger partial charge in [-0.15, -0.1) is 0 Å². The van der Waals surface area contributed by atoms with E-state index in [1.54, 1.807) is 0 Å². The molecule has 0 unspecified atom stereocenters. The van der Waals surface area contributed by atoms with Crippen molar-refractivity contribution < 1.29 is 35.6 Å². The third-order valence-electron chi connectivity index (χ3n) is 1.21. The second-order valence-corrected chi connectivity index (χ2v) is 2.39. The van der Waals surface area contributed by atoms with Crippen molar-refractivity contribution in [1.29, 1.82) is 0 Å². The van der Waals surface area contributed by atoms with Gasteiger partial charge in [0, 0.05) is 42.3 Å². The maximum Gasteiger partial charge on any atom is 0.0403 e. The van der Waals surface area contributed by atoms with Crippen LogP contribution in [0.4, 0.5) is 0 Å². The SMILES string of the molecule is CC.CC.CC.CC.NCN.[La].[c-]1ccccc1.[c-]1ccccc1. The molecule has 2 aromatic carbocycles. The number of hydrogen-bond acceptors (Lipinski definition) is 2. The molecule has 0 heterocycles. The van der Waals surface area contributed by atoms with Gasteiger partial charge in [-0.05, 0) is 0 Å². The Morgan fingerprint density at radius 3 is 0.708 bits per heavy atom. The molecule has 4 N–H and O–H groups in total. The van der Waals surface area contributed by atoms with Crippen LogP contribution in [0, 0.1) is 47.7 Å². The van der Waals surface area contributed by atoms with Gasteiger partial charge in [0.05, 0.1) is 0 Å². The van der Waals surface area contributed by atoms with Gasteiger partial charge < -0.3 is 11.5 Å². The largest absolute Gasteiger partial charge is 0.319 e. The molecule has 0 bridgehead atoms. The van der Waals surface area contributed by atoms with Crippen molar-refractivity contribution in [3.05, 3.63) is 72.8 Å². The van der Waals surface area contributed by atoms with E-state index >= 15 is 0 Å². The van der Waals surface area contributed by atoms with Crippen molar-refractivity contribution in [2.45, 2.75) is 55.4 Å². The summed E-state index contributed by atoms with van der Waals surface area (Å²) in [6, 6.07) is 25.0. The fourth-order valence-corrected chi connectivity index (χ4v) is 0.684. The molecule has 3 heteroatoms. The Morgan fingerprint density at radius 1 is 0.500 bits per heavy atom. The minimum absolute atomic E-state index is 0. The van der Waals surface area contributed by atoms with E-state index in [9.17, 15) is 0 Å². The van der Waals surface area contributed by atoms with Gasteiger partial charge >= 0.3 is 0 Å². The third kappa shape index (κ3) is 68.2. The van der Waals surface area contributed by atoms with E-state index in [1.807, 2.05) is 116 Å². The molecule has 2 rings (SSSR count). The maximum absolute atomic E-state index is 4.62. The summed E-state index contributed by atoms with van der Waals surface area (Å²) in [5, 5.41) is 0. The van der Waals surface area contributed by atoms with Gasteiger partial charge in [-0.2, -0.15) is 72.8 Å². The van der Waals surface area contributed by atoms with Crippen LogP contribution in [-0.4, -0.2) is 6.67 Å². The van der Waals surface area contributed by atoms with Gasteiger partial charge in [-0.3, -0.25) is 0 Å². The first kappa shape index (κ1) is 38.9.